The Morgan fingerprint density at radius 2 is 1.92 bits per heavy atom. The van der Waals surface area contributed by atoms with Crippen molar-refractivity contribution >= 4 is 5.91 Å². The van der Waals surface area contributed by atoms with Crippen LogP contribution < -0.4 is 10.1 Å². The Morgan fingerprint density at radius 3 is 2.58 bits per heavy atom. The molecule has 0 saturated carbocycles. The Bertz CT molecular complexity index is 739. The van der Waals surface area contributed by atoms with E-state index < -0.39 is 0 Å². The molecule has 1 amide bonds. The lowest BCUT2D eigenvalue weighted by Crippen LogP contribution is -2.43. The lowest BCUT2D eigenvalue weighted by Gasteiger charge is -2.35. The summed E-state index contributed by atoms with van der Waals surface area (Å²) < 4.78 is 10.8. The van der Waals surface area contributed by atoms with E-state index >= 15 is 0 Å². The van der Waals surface area contributed by atoms with Crippen molar-refractivity contribution in [1.29, 1.82) is 0 Å². The molecule has 0 aromatic heterocycles. The molecule has 0 atom stereocenters. The highest BCUT2D eigenvalue weighted by Gasteiger charge is 2.32. The second kappa shape index (κ2) is 8.34. The van der Waals surface area contributed by atoms with Crippen molar-refractivity contribution in [2.45, 2.75) is 12.8 Å². The number of rotatable bonds is 6. The lowest BCUT2D eigenvalue weighted by atomic mass is 9.81. The van der Waals surface area contributed by atoms with Gasteiger partial charge in [0.1, 0.15) is 5.75 Å². The summed E-state index contributed by atoms with van der Waals surface area (Å²) in [6.45, 7) is 1.74. The van der Waals surface area contributed by atoms with Gasteiger partial charge in [-0.1, -0.05) is 30.3 Å². The van der Waals surface area contributed by atoms with Crippen LogP contribution in [-0.2, 0) is 4.74 Å². The summed E-state index contributed by atoms with van der Waals surface area (Å²) in [7, 11) is 1.62. The molecule has 1 aliphatic rings. The molecule has 0 spiro atoms. The fraction of sp³-hybridized carbons (Fsp3) is 0.381. The predicted octanol–water partition coefficient (Wildman–Crippen LogP) is 2.88. The molecule has 5 heteroatoms. The van der Waals surface area contributed by atoms with Crippen LogP contribution in [0.3, 0.4) is 0 Å². The van der Waals surface area contributed by atoms with Crippen LogP contribution in [0.15, 0.2) is 48.5 Å². The fourth-order valence-electron chi connectivity index (χ4n) is 3.26. The number of ether oxygens (including phenoxy) is 2. The van der Waals surface area contributed by atoms with Crippen molar-refractivity contribution in [2.75, 3.05) is 33.5 Å². The number of methoxy groups -OCH3 is 1. The summed E-state index contributed by atoms with van der Waals surface area (Å²) >= 11 is 0. The molecule has 2 N–H and O–H groups in total. The quantitative estimate of drug-likeness (QED) is 0.836. The minimum absolute atomic E-state index is 0.0501. The summed E-state index contributed by atoms with van der Waals surface area (Å²) in [6, 6.07) is 15.3. The van der Waals surface area contributed by atoms with Crippen molar-refractivity contribution in [2.24, 2.45) is 5.41 Å². The molecule has 0 aliphatic carbocycles. The van der Waals surface area contributed by atoms with Crippen molar-refractivity contribution < 1.29 is 19.4 Å². The van der Waals surface area contributed by atoms with Gasteiger partial charge in [0.05, 0.1) is 13.7 Å². The smallest absolute Gasteiger partial charge is 0.251 e. The Hall–Kier alpha value is -2.37. The lowest BCUT2D eigenvalue weighted by molar-refractivity contribution is -0.0146. The van der Waals surface area contributed by atoms with Crippen LogP contribution in [0, 0.1) is 5.41 Å². The van der Waals surface area contributed by atoms with Gasteiger partial charge in [-0.05, 0) is 36.6 Å². The fourth-order valence-corrected chi connectivity index (χ4v) is 3.26. The SMILES string of the molecule is COc1ccc(C(=O)NCC2(CO)CCOCC2)cc1-c1ccccc1. The standard InChI is InChI=1S/C21H25NO4/c1-25-19-8-7-17(13-18(19)16-5-3-2-4-6-16)20(24)22-14-21(15-23)9-11-26-12-10-21/h2-8,13,23H,9-12,14-15H2,1H3,(H,22,24). The highest BCUT2D eigenvalue weighted by Crippen LogP contribution is 2.31. The zero-order valence-corrected chi connectivity index (χ0v) is 15.0. The van der Waals surface area contributed by atoms with E-state index in [1.54, 1.807) is 13.2 Å². The number of nitrogens with one attached hydrogen (secondary N) is 1. The van der Waals surface area contributed by atoms with Gasteiger partial charge in [-0.25, -0.2) is 0 Å². The molecule has 26 heavy (non-hydrogen) atoms. The van der Waals surface area contributed by atoms with E-state index in [1.807, 2.05) is 42.5 Å². The van der Waals surface area contributed by atoms with E-state index in [2.05, 4.69) is 5.32 Å². The summed E-state index contributed by atoms with van der Waals surface area (Å²) in [4.78, 5) is 12.7. The summed E-state index contributed by atoms with van der Waals surface area (Å²) in [5.74, 6) is 0.577. The van der Waals surface area contributed by atoms with Gasteiger partial charge in [0.15, 0.2) is 0 Å². The molecule has 1 saturated heterocycles. The maximum Gasteiger partial charge on any atom is 0.251 e. The number of carbonyl (C=O) groups excluding carboxylic acids is 1. The molecule has 2 aromatic rings. The zero-order chi connectivity index (χ0) is 18.4. The van der Waals surface area contributed by atoms with Crippen molar-refractivity contribution in [3.05, 3.63) is 54.1 Å². The number of hydrogen-bond acceptors (Lipinski definition) is 4. The Balaban J connectivity index is 1.77. The van der Waals surface area contributed by atoms with Crippen LogP contribution in [0.1, 0.15) is 23.2 Å². The van der Waals surface area contributed by atoms with Gasteiger partial charge >= 0.3 is 0 Å². The minimum atomic E-state index is -0.289. The molecule has 1 aliphatic heterocycles. The number of amides is 1. The van der Waals surface area contributed by atoms with E-state index in [-0.39, 0.29) is 17.9 Å². The van der Waals surface area contributed by atoms with Crippen molar-refractivity contribution in [1.82, 2.24) is 5.32 Å². The number of aliphatic hydroxyl groups is 1. The van der Waals surface area contributed by atoms with Crippen LogP contribution in [-0.4, -0.2) is 44.5 Å². The molecule has 1 fully saturated rings. The van der Waals surface area contributed by atoms with E-state index in [0.29, 0.717) is 25.3 Å². The summed E-state index contributed by atoms with van der Waals surface area (Å²) in [5, 5.41) is 12.7. The zero-order valence-electron chi connectivity index (χ0n) is 15.0. The molecular formula is C21H25NO4. The molecular weight excluding hydrogens is 330 g/mol. The van der Waals surface area contributed by atoms with E-state index in [1.165, 1.54) is 0 Å². The highest BCUT2D eigenvalue weighted by atomic mass is 16.5. The Labute approximate surface area is 153 Å². The molecule has 3 rings (SSSR count). The third-order valence-corrected chi connectivity index (χ3v) is 5.06. The molecule has 5 nitrogen and oxygen atoms in total. The minimum Gasteiger partial charge on any atom is -0.496 e. The predicted molar refractivity (Wildman–Crippen MR) is 100 cm³/mol. The van der Waals surface area contributed by atoms with Crippen LogP contribution in [0.5, 0.6) is 5.75 Å². The van der Waals surface area contributed by atoms with Gasteiger partial charge in [-0.3, -0.25) is 4.79 Å². The van der Waals surface area contributed by atoms with Gasteiger partial charge in [0.2, 0.25) is 0 Å². The van der Waals surface area contributed by atoms with Crippen LogP contribution in [0.25, 0.3) is 11.1 Å². The first-order valence-corrected chi connectivity index (χ1v) is 8.88. The van der Waals surface area contributed by atoms with Crippen molar-refractivity contribution in [3.63, 3.8) is 0 Å². The van der Waals surface area contributed by atoms with E-state index in [4.69, 9.17) is 9.47 Å². The molecule has 2 aromatic carbocycles. The van der Waals surface area contributed by atoms with E-state index in [0.717, 1.165) is 29.7 Å². The second-order valence-corrected chi connectivity index (χ2v) is 6.73. The Kier molecular flexibility index (Phi) is 5.91. The normalized spacial score (nSPS) is 16.1. The van der Waals surface area contributed by atoms with Gasteiger partial charge in [-0.2, -0.15) is 0 Å². The number of hydrogen-bond donors (Lipinski definition) is 2. The van der Waals surface area contributed by atoms with E-state index in [9.17, 15) is 9.90 Å². The molecule has 0 bridgehead atoms. The summed E-state index contributed by atoms with van der Waals surface area (Å²) in [5.41, 5.74) is 2.16. The van der Waals surface area contributed by atoms with Crippen LogP contribution in [0.2, 0.25) is 0 Å². The third-order valence-electron chi connectivity index (χ3n) is 5.06. The molecule has 0 unspecified atom stereocenters. The van der Waals surface area contributed by atoms with Crippen molar-refractivity contribution in [3.8, 4) is 16.9 Å². The average Bonchev–Trinajstić information content (AvgIpc) is 2.73. The molecule has 1 heterocycles. The maximum absolute atomic E-state index is 12.7. The first-order chi connectivity index (χ1) is 12.7. The molecule has 138 valence electrons. The average molecular weight is 355 g/mol. The number of benzene rings is 2. The summed E-state index contributed by atoms with van der Waals surface area (Å²) in [6.07, 6.45) is 1.50. The van der Waals surface area contributed by atoms with Crippen LogP contribution >= 0.6 is 0 Å². The van der Waals surface area contributed by atoms with Gasteiger partial charge < -0.3 is 19.9 Å². The number of carbonyl (C=O) groups is 1. The topological polar surface area (TPSA) is 67.8 Å². The van der Waals surface area contributed by atoms with Crippen LogP contribution in [0.4, 0.5) is 0 Å². The second-order valence-electron chi connectivity index (χ2n) is 6.73. The number of aliphatic hydroxyl groups excluding tert-OH is 1. The van der Waals surface area contributed by atoms with Gasteiger partial charge in [0, 0.05) is 36.3 Å². The first kappa shape index (κ1) is 18.4. The third kappa shape index (κ3) is 4.06. The Morgan fingerprint density at radius 1 is 1.19 bits per heavy atom. The highest BCUT2D eigenvalue weighted by molar-refractivity contribution is 5.96. The molecule has 0 radical (unpaired) electrons. The maximum atomic E-state index is 12.7. The largest absolute Gasteiger partial charge is 0.496 e. The first-order valence-electron chi connectivity index (χ1n) is 8.88. The monoisotopic (exact) mass is 355 g/mol. The van der Waals surface area contributed by atoms with Gasteiger partial charge in [-0.15, -0.1) is 0 Å². The van der Waals surface area contributed by atoms with Gasteiger partial charge in [0.25, 0.3) is 5.91 Å².